The van der Waals surface area contributed by atoms with Crippen LogP contribution in [0.25, 0.3) is 32.9 Å². The highest BCUT2D eigenvalue weighted by molar-refractivity contribution is 6.90. The van der Waals surface area contributed by atoms with Crippen LogP contribution < -0.4 is 9.75 Å². The molecule has 0 aliphatic carbocycles. The minimum atomic E-state index is -1.38. The Hall–Kier alpha value is -2.45. The quantitative estimate of drug-likeness (QED) is 0.337. The summed E-state index contributed by atoms with van der Waals surface area (Å²) in [6, 6.07) is 24.5. The van der Waals surface area contributed by atoms with Gasteiger partial charge in [-0.3, -0.25) is 0 Å². The highest BCUT2D eigenvalue weighted by Crippen LogP contribution is 2.29. The highest BCUT2D eigenvalue weighted by Gasteiger charge is 2.23. The van der Waals surface area contributed by atoms with Gasteiger partial charge < -0.3 is 0 Å². The van der Waals surface area contributed by atoms with E-state index < -0.39 is 8.07 Å². The second-order valence-corrected chi connectivity index (χ2v) is 13.3. The van der Waals surface area contributed by atoms with E-state index in [0.717, 1.165) is 0 Å². The molecule has 1 heterocycles. The summed E-state index contributed by atoms with van der Waals surface area (Å²) in [5, 5.41) is 5.57. The van der Waals surface area contributed by atoms with Crippen molar-refractivity contribution in [1.29, 1.82) is 0 Å². The number of hydrogen-bond acceptors (Lipinski definition) is 0. The van der Waals surface area contributed by atoms with Crippen molar-refractivity contribution in [1.82, 2.24) is 0 Å². The molecular weight excluding hydrogens is 330 g/mol. The number of fused-ring (bicyclic) bond motifs is 2. The molecule has 1 aromatic heterocycles. The normalized spacial score (nSPS) is 12.0. The van der Waals surface area contributed by atoms with Gasteiger partial charge in [0.25, 0.3) is 0 Å². The van der Waals surface area contributed by atoms with Gasteiger partial charge in [0.05, 0.1) is 8.07 Å². The molecule has 0 saturated carbocycles. The number of benzene rings is 3. The molecule has 1 nitrogen and oxygen atoms in total. The third-order valence-electron chi connectivity index (χ3n) is 5.50. The molecule has 0 aliphatic heterocycles. The van der Waals surface area contributed by atoms with Crippen molar-refractivity contribution in [3.63, 3.8) is 0 Å². The van der Waals surface area contributed by atoms with E-state index in [1.807, 2.05) is 0 Å². The van der Waals surface area contributed by atoms with Crippen LogP contribution in [0.2, 0.25) is 19.6 Å². The first kappa shape index (κ1) is 17.0. The maximum Gasteiger partial charge on any atom is 0.213 e. The largest absolute Gasteiger partial charge is 0.213 e. The molecule has 4 rings (SSSR count). The monoisotopic (exact) mass is 356 g/mol. The number of aromatic nitrogens is 1. The van der Waals surface area contributed by atoms with Crippen LogP contribution in [0.15, 0.2) is 66.7 Å². The standard InChI is InChI=1S/C24H26NSi/c1-17-19-10-7-6-9-18(19)13-14-20(17)23-16-15-21-22(25(23)2)11-8-12-24(21)26(3,4)5/h6-16H,1-5H3/q+1. The zero-order valence-corrected chi connectivity index (χ0v) is 17.3. The van der Waals surface area contributed by atoms with E-state index in [9.17, 15) is 0 Å². The van der Waals surface area contributed by atoms with Gasteiger partial charge in [-0.2, -0.15) is 4.57 Å². The van der Waals surface area contributed by atoms with Crippen LogP contribution in [0.3, 0.4) is 0 Å². The van der Waals surface area contributed by atoms with Crippen molar-refractivity contribution < 1.29 is 4.57 Å². The van der Waals surface area contributed by atoms with E-state index in [1.54, 1.807) is 0 Å². The molecule has 0 aliphatic rings. The molecule has 0 radical (unpaired) electrons. The fourth-order valence-electron chi connectivity index (χ4n) is 4.05. The maximum atomic E-state index is 2.42. The molecule has 0 unspecified atom stereocenters. The third-order valence-corrected chi connectivity index (χ3v) is 7.55. The lowest BCUT2D eigenvalue weighted by molar-refractivity contribution is -0.633. The van der Waals surface area contributed by atoms with Gasteiger partial charge >= 0.3 is 0 Å². The zero-order valence-electron chi connectivity index (χ0n) is 16.3. The summed E-state index contributed by atoms with van der Waals surface area (Å²) in [4.78, 5) is 0. The Morgan fingerprint density at radius 3 is 2.27 bits per heavy atom. The van der Waals surface area contributed by atoms with Gasteiger partial charge in [-0.25, -0.2) is 0 Å². The second kappa shape index (κ2) is 6.06. The Labute approximate surface area is 156 Å². The maximum absolute atomic E-state index is 2.42. The van der Waals surface area contributed by atoms with Crippen molar-refractivity contribution in [3.05, 3.63) is 72.3 Å². The molecule has 0 atom stereocenters. The van der Waals surface area contributed by atoms with Crippen molar-refractivity contribution in [2.45, 2.75) is 26.6 Å². The Morgan fingerprint density at radius 2 is 1.50 bits per heavy atom. The molecule has 0 N–H and O–H groups in total. The Bertz CT molecular complexity index is 1140. The van der Waals surface area contributed by atoms with Crippen LogP contribution in [0.5, 0.6) is 0 Å². The van der Waals surface area contributed by atoms with Gasteiger partial charge in [0.1, 0.15) is 7.05 Å². The van der Waals surface area contributed by atoms with Crippen molar-refractivity contribution in [3.8, 4) is 11.3 Å². The average molecular weight is 357 g/mol. The van der Waals surface area contributed by atoms with Crippen molar-refractivity contribution in [2.75, 3.05) is 0 Å². The van der Waals surface area contributed by atoms with Gasteiger partial charge in [-0.05, 0) is 40.6 Å². The minimum absolute atomic E-state index is 1.27. The molecule has 0 saturated heterocycles. The number of rotatable bonds is 2. The van der Waals surface area contributed by atoms with Crippen LogP contribution in [0, 0.1) is 6.92 Å². The molecule has 0 amide bonds. The highest BCUT2D eigenvalue weighted by atomic mass is 28.3. The van der Waals surface area contributed by atoms with Crippen LogP contribution in [-0.4, -0.2) is 8.07 Å². The Morgan fingerprint density at radius 1 is 0.731 bits per heavy atom. The summed E-state index contributed by atoms with van der Waals surface area (Å²) in [7, 11) is 0.817. The molecule has 4 aromatic rings. The zero-order chi connectivity index (χ0) is 18.5. The summed E-state index contributed by atoms with van der Waals surface area (Å²) in [6.45, 7) is 9.50. The van der Waals surface area contributed by atoms with Gasteiger partial charge in [-0.1, -0.05) is 62.1 Å². The third kappa shape index (κ3) is 2.65. The van der Waals surface area contributed by atoms with E-state index in [1.165, 1.54) is 43.7 Å². The summed E-state index contributed by atoms with van der Waals surface area (Å²) in [6.07, 6.45) is 0. The lowest BCUT2D eigenvalue weighted by atomic mass is 9.97. The van der Waals surface area contributed by atoms with Crippen LogP contribution in [0.1, 0.15) is 5.56 Å². The first-order chi connectivity index (χ1) is 12.4. The second-order valence-electron chi connectivity index (χ2n) is 8.23. The molecule has 130 valence electrons. The van der Waals surface area contributed by atoms with Crippen LogP contribution in [-0.2, 0) is 7.05 Å². The van der Waals surface area contributed by atoms with E-state index in [4.69, 9.17) is 0 Å². The molecular formula is C24H26NSi+. The van der Waals surface area contributed by atoms with Gasteiger partial charge in [-0.15, -0.1) is 0 Å². The molecule has 0 fully saturated rings. The lowest BCUT2D eigenvalue weighted by Crippen LogP contribution is -2.40. The smallest absolute Gasteiger partial charge is 0.194 e. The van der Waals surface area contributed by atoms with Crippen LogP contribution in [0.4, 0.5) is 0 Å². The molecule has 0 bridgehead atoms. The summed E-state index contributed by atoms with van der Waals surface area (Å²) in [5.74, 6) is 0. The predicted molar refractivity (Wildman–Crippen MR) is 116 cm³/mol. The lowest BCUT2D eigenvalue weighted by Gasteiger charge is -2.18. The molecule has 3 aromatic carbocycles. The van der Waals surface area contributed by atoms with E-state index in [-0.39, 0.29) is 0 Å². The summed E-state index contributed by atoms with van der Waals surface area (Å²) in [5.41, 5.74) is 5.24. The predicted octanol–water partition coefficient (Wildman–Crippen LogP) is 5.34. The fraction of sp³-hybridized carbons (Fsp3) is 0.208. The van der Waals surface area contributed by atoms with E-state index in [0.29, 0.717) is 0 Å². The number of aryl methyl sites for hydroxylation is 2. The van der Waals surface area contributed by atoms with E-state index in [2.05, 4.69) is 105 Å². The van der Waals surface area contributed by atoms with Crippen molar-refractivity contribution in [2.24, 2.45) is 7.05 Å². The minimum Gasteiger partial charge on any atom is -0.194 e. The molecule has 0 spiro atoms. The van der Waals surface area contributed by atoms with Gasteiger partial charge in [0.15, 0.2) is 0 Å². The van der Waals surface area contributed by atoms with Gasteiger partial charge in [0, 0.05) is 23.1 Å². The fourth-order valence-corrected chi connectivity index (χ4v) is 5.67. The Kier molecular flexibility index (Phi) is 3.96. The summed E-state index contributed by atoms with van der Waals surface area (Å²) >= 11 is 0. The van der Waals surface area contributed by atoms with Crippen LogP contribution >= 0.6 is 0 Å². The summed E-state index contributed by atoms with van der Waals surface area (Å²) < 4.78 is 2.36. The average Bonchev–Trinajstić information content (AvgIpc) is 2.62. The first-order valence-corrected chi connectivity index (χ1v) is 12.8. The van der Waals surface area contributed by atoms with Crippen molar-refractivity contribution >= 4 is 34.9 Å². The Balaban J connectivity index is 2.00. The topological polar surface area (TPSA) is 3.88 Å². The number of nitrogens with zero attached hydrogens (tertiary/aromatic N) is 1. The molecule has 2 heteroatoms. The first-order valence-electron chi connectivity index (χ1n) is 9.29. The number of pyridine rings is 1. The molecule has 26 heavy (non-hydrogen) atoms. The van der Waals surface area contributed by atoms with E-state index >= 15 is 0 Å². The van der Waals surface area contributed by atoms with Gasteiger partial charge in [0.2, 0.25) is 11.2 Å². The SMILES string of the molecule is Cc1c(-c2ccc3c([Si](C)(C)C)cccc3[n+]2C)ccc2ccccc12. The number of hydrogen-bond donors (Lipinski definition) is 0.